The Labute approximate surface area is 198 Å². The second-order valence-electron chi connectivity index (χ2n) is 6.48. The van der Waals surface area contributed by atoms with Gasteiger partial charge in [0.05, 0.1) is 24.6 Å². The van der Waals surface area contributed by atoms with Crippen molar-refractivity contribution in [3.05, 3.63) is 78.0 Å². The molecule has 0 aliphatic rings. The molecule has 0 aliphatic heterocycles. The fraction of sp³-hybridized carbons (Fsp3) is 0.208. The summed E-state index contributed by atoms with van der Waals surface area (Å²) in [7, 11) is 0. The number of nitrogens with zero attached hydrogens (tertiary/aromatic N) is 4. The predicted molar refractivity (Wildman–Crippen MR) is 133 cm³/mol. The summed E-state index contributed by atoms with van der Waals surface area (Å²) in [4.78, 5) is 26.8. The number of thioether (sulfide) groups is 1. The van der Waals surface area contributed by atoms with Gasteiger partial charge in [0.25, 0.3) is 0 Å². The summed E-state index contributed by atoms with van der Waals surface area (Å²) in [6, 6.07) is 11.4. The van der Waals surface area contributed by atoms with Crippen LogP contribution in [0.5, 0.6) is 5.88 Å². The minimum absolute atomic E-state index is 0.369. The van der Waals surface area contributed by atoms with Gasteiger partial charge in [-0.05, 0) is 43.2 Å². The molecule has 2 aromatic heterocycles. The molecule has 0 saturated carbocycles. The molecule has 9 heteroatoms. The van der Waals surface area contributed by atoms with E-state index in [0.29, 0.717) is 30.6 Å². The van der Waals surface area contributed by atoms with Gasteiger partial charge in [0.1, 0.15) is 0 Å². The molecule has 1 amide bonds. The molecule has 8 nitrogen and oxygen atoms in total. The number of hydrogen-bond donors (Lipinski definition) is 2. The largest absolute Gasteiger partial charge is 0.463 e. The van der Waals surface area contributed by atoms with Crippen molar-refractivity contribution in [3.8, 4) is 17.7 Å². The number of amidine groups is 1. The van der Waals surface area contributed by atoms with Crippen molar-refractivity contribution in [2.75, 3.05) is 11.9 Å². The smallest absolute Gasteiger partial charge is 0.233 e. The second kappa shape index (κ2) is 15.0. The normalized spacial score (nSPS) is 10.2. The minimum Gasteiger partial charge on any atom is -0.463 e. The molecule has 0 fully saturated rings. The van der Waals surface area contributed by atoms with E-state index in [9.17, 15) is 4.79 Å². The van der Waals surface area contributed by atoms with Crippen molar-refractivity contribution in [1.29, 1.82) is 0 Å². The number of ether oxygens (including phenoxy) is 1. The zero-order valence-corrected chi connectivity index (χ0v) is 19.4. The van der Waals surface area contributed by atoms with E-state index in [2.05, 4.69) is 37.1 Å². The van der Waals surface area contributed by atoms with Crippen molar-refractivity contribution in [2.24, 2.45) is 10.7 Å². The van der Waals surface area contributed by atoms with Gasteiger partial charge in [-0.1, -0.05) is 35.9 Å². The minimum atomic E-state index is 0.369. The number of carbonyl (C=O) groups excluding carboxylic acids is 1. The number of nitrogens with one attached hydrogen (secondary N) is 1. The molecule has 0 bridgehead atoms. The average Bonchev–Trinajstić information content (AvgIpc) is 2.84. The Hall–Kier alpha value is -3.90. The highest BCUT2D eigenvalue weighted by Gasteiger charge is 1.99. The lowest BCUT2D eigenvalue weighted by Crippen LogP contribution is -2.07. The summed E-state index contributed by atoms with van der Waals surface area (Å²) in [5.41, 5.74) is 9.62. The Kier molecular flexibility index (Phi) is 11.5. The summed E-state index contributed by atoms with van der Waals surface area (Å²) >= 11 is 1.48. The Morgan fingerprint density at radius 2 is 2.06 bits per heavy atom. The van der Waals surface area contributed by atoms with Gasteiger partial charge in [0.2, 0.25) is 12.3 Å². The van der Waals surface area contributed by atoms with Crippen LogP contribution in [0.1, 0.15) is 23.7 Å². The molecule has 0 unspecified atom stereocenters. The standard InChI is InChI=1S/C15H16N4OS.C9H10N2O/c16-15(21-10-13-4-2-6-17-8-13)18-9-12-3-1-5-14(7-12)19-11-20;1-3-4-5-12-9-7-10-8(2)6-11-9/h1-8,11H,9-10H2,(H2,16,18)(H,19,20);6-7H,5H2,1-2H3. The van der Waals surface area contributed by atoms with Crippen molar-refractivity contribution in [3.63, 3.8) is 0 Å². The van der Waals surface area contributed by atoms with Crippen molar-refractivity contribution >= 4 is 29.0 Å². The highest BCUT2D eigenvalue weighted by atomic mass is 32.2. The van der Waals surface area contributed by atoms with Crippen LogP contribution in [0.15, 0.2) is 66.2 Å². The number of carbonyl (C=O) groups is 1. The molecule has 2 heterocycles. The molecule has 0 radical (unpaired) electrons. The van der Waals surface area contributed by atoms with Crippen LogP contribution >= 0.6 is 11.8 Å². The number of anilines is 1. The SMILES string of the molecule is CC#CCOc1cnc(C)cn1.NC(=NCc1cccc(NC=O)c1)SCc1cccnc1. The van der Waals surface area contributed by atoms with Gasteiger partial charge in [-0.25, -0.2) is 4.98 Å². The third-order valence-corrected chi connectivity index (χ3v) is 4.81. The first kappa shape index (κ1) is 25.4. The fourth-order valence-corrected chi connectivity index (χ4v) is 2.96. The number of amides is 1. The predicted octanol–water partition coefficient (Wildman–Crippen LogP) is 3.59. The lowest BCUT2D eigenvalue weighted by Gasteiger charge is -2.03. The van der Waals surface area contributed by atoms with Crippen LogP contribution in [0.4, 0.5) is 5.69 Å². The highest BCUT2D eigenvalue weighted by Crippen LogP contribution is 2.13. The molecule has 0 spiro atoms. The average molecular weight is 463 g/mol. The molecule has 0 saturated heterocycles. The van der Waals surface area contributed by atoms with Crippen LogP contribution in [-0.2, 0) is 17.1 Å². The van der Waals surface area contributed by atoms with Gasteiger partial charge >= 0.3 is 0 Å². The number of hydrogen-bond acceptors (Lipinski definition) is 7. The Balaban J connectivity index is 0.000000273. The van der Waals surface area contributed by atoms with E-state index >= 15 is 0 Å². The molecule has 1 aromatic carbocycles. The summed E-state index contributed by atoms with van der Waals surface area (Å²) in [6.07, 6.45) is 7.46. The summed E-state index contributed by atoms with van der Waals surface area (Å²) in [5, 5.41) is 3.14. The number of nitrogens with two attached hydrogens (primary N) is 1. The number of aryl methyl sites for hydroxylation is 1. The van der Waals surface area contributed by atoms with E-state index in [1.165, 1.54) is 11.8 Å². The van der Waals surface area contributed by atoms with Crippen molar-refractivity contribution < 1.29 is 9.53 Å². The Bertz CT molecular complexity index is 1080. The Morgan fingerprint density at radius 3 is 2.76 bits per heavy atom. The molecule has 3 rings (SSSR count). The molecule has 0 aliphatic carbocycles. The zero-order valence-electron chi connectivity index (χ0n) is 18.6. The monoisotopic (exact) mass is 462 g/mol. The summed E-state index contributed by atoms with van der Waals surface area (Å²) in [5.74, 6) is 6.76. The molecule has 3 N–H and O–H groups in total. The number of pyridine rings is 1. The van der Waals surface area contributed by atoms with Gasteiger partial charge in [0.15, 0.2) is 11.8 Å². The van der Waals surface area contributed by atoms with E-state index in [4.69, 9.17) is 10.5 Å². The maximum atomic E-state index is 10.4. The van der Waals surface area contributed by atoms with Gasteiger partial charge in [-0.3, -0.25) is 19.8 Å². The number of benzene rings is 1. The molecular formula is C24H26N6O2S. The third-order valence-electron chi connectivity index (χ3n) is 3.91. The van der Waals surface area contributed by atoms with Crippen molar-refractivity contribution in [2.45, 2.75) is 26.1 Å². The van der Waals surface area contributed by atoms with Crippen LogP contribution in [-0.4, -0.2) is 33.1 Å². The van der Waals surface area contributed by atoms with E-state index in [1.54, 1.807) is 25.5 Å². The first-order valence-corrected chi connectivity index (χ1v) is 11.0. The zero-order chi connectivity index (χ0) is 23.7. The maximum absolute atomic E-state index is 10.4. The molecular weight excluding hydrogens is 436 g/mol. The first-order valence-electron chi connectivity index (χ1n) is 10.0. The molecule has 3 aromatic rings. The molecule has 170 valence electrons. The third kappa shape index (κ3) is 10.8. The van der Waals surface area contributed by atoms with Crippen LogP contribution in [0, 0.1) is 18.8 Å². The van der Waals surface area contributed by atoms with Gasteiger partial charge in [-0.15, -0.1) is 5.92 Å². The molecule has 0 atom stereocenters. The fourth-order valence-electron chi connectivity index (χ4n) is 2.32. The summed E-state index contributed by atoms with van der Waals surface area (Å²) in [6.45, 7) is 4.50. The van der Waals surface area contributed by atoms with Gasteiger partial charge < -0.3 is 15.8 Å². The lowest BCUT2D eigenvalue weighted by atomic mass is 10.2. The van der Waals surface area contributed by atoms with E-state index in [1.807, 2.05) is 49.5 Å². The van der Waals surface area contributed by atoms with Crippen LogP contribution < -0.4 is 15.8 Å². The topological polar surface area (TPSA) is 115 Å². The van der Waals surface area contributed by atoms with Crippen LogP contribution in [0.2, 0.25) is 0 Å². The van der Waals surface area contributed by atoms with E-state index < -0.39 is 0 Å². The first-order chi connectivity index (χ1) is 16.1. The second-order valence-corrected chi connectivity index (χ2v) is 7.47. The maximum Gasteiger partial charge on any atom is 0.233 e. The number of rotatable bonds is 8. The number of aromatic nitrogens is 3. The summed E-state index contributed by atoms with van der Waals surface area (Å²) < 4.78 is 5.15. The van der Waals surface area contributed by atoms with Gasteiger partial charge in [-0.2, -0.15) is 0 Å². The molecule has 33 heavy (non-hydrogen) atoms. The highest BCUT2D eigenvalue weighted by molar-refractivity contribution is 8.13. The van der Waals surface area contributed by atoms with Crippen LogP contribution in [0.25, 0.3) is 0 Å². The van der Waals surface area contributed by atoms with E-state index in [-0.39, 0.29) is 0 Å². The number of aliphatic imine (C=N–C) groups is 1. The van der Waals surface area contributed by atoms with E-state index in [0.717, 1.165) is 28.3 Å². The lowest BCUT2D eigenvalue weighted by molar-refractivity contribution is -0.105. The van der Waals surface area contributed by atoms with Crippen LogP contribution in [0.3, 0.4) is 0 Å². The van der Waals surface area contributed by atoms with Crippen molar-refractivity contribution in [1.82, 2.24) is 15.0 Å². The van der Waals surface area contributed by atoms with Gasteiger partial charge in [0, 0.05) is 23.8 Å². The quantitative estimate of drug-likeness (QED) is 0.227. The Morgan fingerprint density at radius 1 is 1.21 bits per heavy atom.